The molecule has 1 aromatic heterocycles. The molecule has 1 fully saturated rings. The number of β-amino-alcohol motifs (C(OH)–C–C–N with tert-alkyl or cyclic N) is 1. The lowest BCUT2D eigenvalue weighted by Crippen LogP contribution is -2.51. The van der Waals surface area contributed by atoms with Crippen molar-refractivity contribution >= 4 is 5.82 Å². The van der Waals surface area contributed by atoms with Gasteiger partial charge in [-0.3, -0.25) is 18.8 Å². The van der Waals surface area contributed by atoms with Gasteiger partial charge in [-0.2, -0.15) is 5.26 Å². The second-order valence-corrected chi connectivity index (χ2v) is 5.65. The summed E-state index contributed by atoms with van der Waals surface area (Å²) in [5.74, 6) is 0.382. The highest BCUT2D eigenvalue weighted by atomic mass is 16.3. The number of anilines is 1. The van der Waals surface area contributed by atoms with Crippen LogP contribution in [0.25, 0.3) is 0 Å². The van der Waals surface area contributed by atoms with E-state index < -0.39 is 17.4 Å². The molecule has 1 saturated heterocycles. The lowest BCUT2D eigenvalue weighted by atomic mass is 10.2. The number of aromatic nitrogens is 2. The second-order valence-electron chi connectivity index (χ2n) is 5.65. The van der Waals surface area contributed by atoms with E-state index in [1.807, 2.05) is 11.0 Å². The standard InChI is InChI=1S/C14H21N5O3/c1-10(20)9-18-4-6-19(7-5-18)12-11(8-15)13(21)17(3)14(22)16(12)2/h10,20H,4-7,9H2,1-3H3. The fraction of sp³-hybridized carbons (Fsp3) is 0.643. The van der Waals surface area contributed by atoms with Gasteiger partial charge in [0.2, 0.25) is 0 Å². The SMILES string of the molecule is CC(O)CN1CCN(c2c(C#N)c(=O)n(C)c(=O)n2C)CC1. The van der Waals surface area contributed by atoms with Crippen molar-refractivity contribution in [3.63, 3.8) is 0 Å². The van der Waals surface area contributed by atoms with E-state index in [0.717, 1.165) is 4.57 Å². The number of aliphatic hydroxyl groups is 1. The van der Waals surface area contributed by atoms with Gasteiger partial charge in [-0.1, -0.05) is 0 Å². The molecule has 1 atom stereocenters. The molecule has 0 aromatic carbocycles. The molecule has 1 aliphatic heterocycles. The predicted molar refractivity (Wildman–Crippen MR) is 82.0 cm³/mol. The van der Waals surface area contributed by atoms with Crippen LogP contribution in [0, 0.1) is 11.3 Å². The normalized spacial score (nSPS) is 17.3. The van der Waals surface area contributed by atoms with E-state index in [0.29, 0.717) is 38.5 Å². The fourth-order valence-electron chi connectivity index (χ4n) is 2.82. The summed E-state index contributed by atoms with van der Waals surface area (Å²) in [4.78, 5) is 28.2. The smallest absolute Gasteiger partial charge is 0.332 e. The van der Waals surface area contributed by atoms with E-state index in [4.69, 9.17) is 0 Å². The Balaban J connectivity index is 2.34. The minimum Gasteiger partial charge on any atom is -0.392 e. The van der Waals surface area contributed by atoms with Gasteiger partial charge in [0.15, 0.2) is 5.56 Å². The Kier molecular flexibility index (Phi) is 4.68. The van der Waals surface area contributed by atoms with E-state index in [9.17, 15) is 20.0 Å². The summed E-state index contributed by atoms with van der Waals surface area (Å²) in [7, 11) is 2.94. The first-order valence-electron chi connectivity index (χ1n) is 7.22. The quantitative estimate of drug-likeness (QED) is 0.727. The van der Waals surface area contributed by atoms with Crippen LogP contribution in [0.15, 0.2) is 9.59 Å². The van der Waals surface area contributed by atoms with E-state index in [2.05, 4.69) is 4.90 Å². The Bertz CT molecular complexity index is 705. The Morgan fingerprint density at radius 3 is 2.27 bits per heavy atom. The highest BCUT2D eigenvalue weighted by Crippen LogP contribution is 2.16. The van der Waals surface area contributed by atoms with Crippen molar-refractivity contribution in [2.75, 3.05) is 37.6 Å². The van der Waals surface area contributed by atoms with Crippen LogP contribution >= 0.6 is 0 Å². The molecular weight excluding hydrogens is 286 g/mol. The number of hydrogen-bond donors (Lipinski definition) is 1. The average molecular weight is 307 g/mol. The van der Waals surface area contributed by atoms with Crippen LogP contribution < -0.4 is 16.1 Å². The zero-order valence-electron chi connectivity index (χ0n) is 13.1. The van der Waals surface area contributed by atoms with Gasteiger partial charge in [0.1, 0.15) is 11.9 Å². The molecule has 0 spiro atoms. The molecule has 8 nitrogen and oxygen atoms in total. The lowest BCUT2D eigenvalue weighted by Gasteiger charge is -2.37. The van der Waals surface area contributed by atoms with Gasteiger partial charge >= 0.3 is 5.69 Å². The van der Waals surface area contributed by atoms with Gasteiger partial charge < -0.3 is 10.0 Å². The topological polar surface area (TPSA) is 94.5 Å². The fourth-order valence-corrected chi connectivity index (χ4v) is 2.82. The first kappa shape index (κ1) is 16.3. The highest BCUT2D eigenvalue weighted by Gasteiger charge is 2.24. The molecule has 0 amide bonds. The molecule has 1 unspecified atom stereocenters. The highest BCUT2D eigenvalue weighted by molar-refractivity contribution is 5.53. The number of rotatable bonds is 3. The summed E-state index contributed by atoms with van der Waals surface area (Å²) in [6.07, 6.45) is -0.394. The number of hydrogen-bond acceptors (Lipinski definition) is 6. The molecule has 1 aliphatic rings. The number of nitriles is 1. The number of nitrogens with zero attached hydrogens (tertiary/aromatic N) is 5. The van der Waals surface area contributed by atoms with Gasteiger partial charge in [-0.05, 0) is 6.92 Å². The first-order chi connectivity index (χ1) is 10.4. The van der Waals surface area contributed by atoms with Crippen LogP contribution in [0.5, 0.6) is 0 Å². The second kappa shape index (κ2) is 6.34. The molecule has 0 aliphatic carbocycles. The lowest BCUT2D eigenvalue weighted by molar-refractivity contribution is 0.122. The minimum absolute atomic E-state index is 0.00595. The summed E-state index contributed by atoms with van der Waals surface area (Å²) >= 11 is 0. The largest absolute Gasteiger partial charge is 0.392 e. The van der Waals surface area contributed by atoms with Crippen molar-refractivity contribution in [2.45, 2.75) is 13.0 Å². The Morgan fingerprint density at radius 2 is 1.77 bits per heavy atom. The van der Waals surface area contributed by atoms with Gasteiger partial charge in [-0.15, -0.1) is 0 Å². The maximum Gasteiger partial charge on any atom is 0.332 e. The summed E-state index contributed by atoms with van der Waals surface area (Å²) < 4.78 is 2.30. The molecule has 1 N–H and O–H groups in total. The monoisotopic (exact) mass is 307 g/mol. The van der Waals surface area contributed by atoms with Crippen LogP contribution in [-0.2, 0) is 14.1 Å². The molecule has 0 radical (unpaired) electrons. The van der Waals surface area contributed by atoms with Crippen molar-refractivity contribution < 1.29 is 5.11 Å². The third-order valence-corrected chi connectivity index (χ3v) is 3.94. The van der Waals surface area contributed by atoms with Gasteiger partial charge in [0, 0.05) is 46.8 Å². The zero-order valence-corrected chi connectivity index (χ0v) is 13.1. The minimum atomic E-state index is -0.563. The summed E-state index contributed by atoms with van der Waals surface area (Å²) in [5, 5.41) is 18.7. The molecule has 2 heterocycles. The van der Waals surface area contributed by atoms with Crippen molar-refractivity contribution in [3.8, 4) is 6.07 Å². The van der Waals surface area contributed by atoms with Gasteiger partial charge in [0.25, 0.3) is 5.56 Å². The molecule has 2 rings (SSSR count). The summed E-state index contributed by atoms with van der Waals surface area (Å²) in [6.45, 7) is 4.95. The van der Waals surface area contributed by atoms with Crippen LogP contribution in [0.3, 0.4) is 0 Å². The van der Waals surface area contributed by atoms with E-state index in [1.165, 1.54) is 11.6 Å². The van der Waals surface area contributed by atoms with Gasteiger partial charge in [-0.25, -0.2) is 4.79 Å². The third-order valence-electron chi connectivity index (χ3n) is 3.94. The Morgan fingerprint density at radius 1 is 1.18 bits per heavy atom. The predicted octanol–water partition coefficient (Wildman–Crippen LogP) is -1.54. The van der Waals surface area contributed by atoms with Crippen LogP contribution in [0.2, 0.25) is 0 Å². The van der Waals surface area contributed by atoms with Crippen molar-refractivity contribution in [1.82, 2.24) is 14.0 Å². The molecular formula is C14H21N5O3. The van der Waals surface area contributed by atoms with Crippen molar-refractivity contribution in [2.24, 2.45) is 14.1 Å². The number of piperazine rings is 1. The first-order valence-corrected chi connectivity index (χ1v) is 7.22. The molecule has 120 valence electrons. The summed E-state index contributed by atoms with van der Waals surface area (Å²) in [6, 6.07) is 1.93. The van der Waals surface area contributed by atoms with E-state index >= 15 is 0 Å². The van der Waals surface area contributed by atoms with Crippen molar-refractivity contribution in [3.05, 3.63) is 26.4 Å². The van der Waals surface area contributed by atoms with Crippen LogP contribution in [0.1, 0.15) is 12.5 Å². The van der Waals surface area contributed by atoms with E-state index in [-0.39, 0.29) is 5.56 Å². The maximum atomic E-state index is 12.1. The van der Waals surface area contributed by atoms with E-state index in [1.54, 1.807) is 14.0 Å². The average Bonchev–Trinajstić information content (AvgIpc) is 2.49. The molecule has 1 aromatic rings. The molecule has 22 heavy (non-hydrogen) atoms. The van der Waals surface area contributed by atoms with Crippen LogP contribution in [0.4, 0.5) is 5.82 Å². The molecule has 0 bridgehead atoms. The number of aliphatic hydroxyl groups excluding tert-OH is 1. The maximum absolute atomic E-state index is 12.1. The molecule has 0 saturated carbocycles. The Labute approximate surface area is 128 Å². The zero-order chi connectivity index (χ0) is 16.4. The molecule has 8 heteroatoms. The van der Waals surface area contributed by atoms with Gasteiger partial charge in [0.05, 0.1) is 6.10 Å². The Hall–Kier alpha value is -2.11. The van der Waals surface area contributed by atoms with Crippen molar-refractivity contribution in [1.29, 1.82) is 5.26 Å². The van der Waals surface area contributed by atoms with Crippen LogP contribution in [-0.4, -0.2) is 58.0 Å². The third kappa shape index (κ3) is 2.91. The summed E-state index contributed by atoms with van der Waals surface area (Å²) in [5.41, 5.74) is -1.01.